The van der Waals surface area contributed by atoms with Crippen LogP contribution in [0, 0.1) is 0 Å². The SMILES string of the molecule is O=c1c(-c2ccccc2)c([O-])[n+]2c3n1CCCC3CC2c1cnc(Cl)s1. The first-order valence-electron chi connectivity index (χ1n) is 8.71. The molecule has 132 valence electrons. The molecule has 0 aliphatic carbocycles. The van der Waals surface area contributed by atoms with Gasteiger partial charge < -0.3 is 5.11 Å². The smallest absolute Gasteiger partial charge is 0.344 e. The Labute approximate surface area is 159 Å². The lowest BCUT2D eigenvalue weighted by Crippen LogP contribution is -2.49. The molecule has 4 heterocycles. The van der Waals surface area contributed by atoms with Crippen LogP contribution in [0.15, 0.2) is 41.3 Å². The van der Waals surface area contributed by atoms with Crippen LogP contribution >= 0.6 is 22.9 Å². The molecular formula is C19H16ClN3O2S. The van der Waals surface area contributed by atoms with Crippen LogP contribution in [0.25, 0.3) is 11.1 Å². The second-order valence-electron chi connectivity index (χ2n) is 6.84. The molecule has 7 heteroatoms. The average Bonchev–Trinajstić information content (AvgIpc) is 3.25. The molecule has 2 unspecified atom stereocenters. The summed E-state index contributed by atoms with van der Waals surface area (Å²) in [5.74, 6) is 0.909. The first-order chi connectivity index (χ1) is 12.6. The monoisotopic (exact) mass is 385 g/mol. The third-order valence-corrected chi connectivity index (χ3v) is 6.64. The molecule has 0 saturated heterocycles. The maximum Gasteiger partial charge on any atom is 0.344 e. The summed E-state index contributed by atoms with van der Waals surface area (Å²) < 4.78 is 4.13. The lowest BCUT2D eigenvalue weighted by molar-refractivity contribution is -0.747. The number of thiazole rings is 1. The van der Waals surface area contributed by atoms with Gasteiger partial charge in [-0.3, -0.25) is 0 Å². The van der Waals surface area contributed by atoms with Gasteiger partial charge >= 0.3 is 5.56 Å². The van der Waals surface area contributed by atoms with E-state index < -0.39 is 0 Å². The molecule has 2 aliphatic rings. The van der Waals surface area contributed by atoms with E-state index in [0.29, 0.717) is 16.6 Å². The maximum atomic E-state index is 13.4. The molecule has 2 atom stereocenters. The lowest BCUT2D eigenvalue weighted by Gasteiger charge is -2.22. The van der Waals surface area contributed by atoms with Crippen molar-refractivity contribution in [1.82, 2.24) is 9.55 Å². The molecule has 0 fully saturated rings. The van der Waals surface area contributed by atoms with Crippen LogP contribution in [-0.2, 0) is 6.54 Å². The van der Waals surface area contributed by atoms with Gasteiger partial charge in [0.15, 0.2) is 4.47 Å². The van der Waals surface area contributed by atoms with Gasteiger partial charge in [0.05, 0.1) is 23.2 Å². The van der Waals surface area contributed by atoms with Crippen LogP contribution in [0.3, 0.4) is 0 Å². The highest BCUT2D eigenvalue weighted by Gasteiger charge is 2.45. The Morgan fingerprint density at radius 1 is 1.31 bits per heavy atom. The van der Waals surface area contributed by atoms with E-state index in [-0.39, 0.29) is 29.0 Å². The maximum absolute atomic E-state index is 13.4. The first kappa shape index (κ1) is 16.0. The zero-order valence-electron chi connectivity index (χ0n) is 13.9. The van der Waals surface area contributed by atoms with E-state index in [1.54, 1.807) is 6.20 Å². The number of benzene rings is 1. The van der Waals surface area contributed by atoms with Crippen molar-refractivity contribution in [3.05, 3.63) is 62.1 Å². The molecule has 2 aliphatic heterocycles. The number of aromatic nitrogens is 3. The molecule has 26 heavy (non-hydrogen) atoms. The summed E-state index contributed by atoms with van der Waals surface area (Å²) >= 11 is 7.45. The Kier molecular flexibility index (Phi) is 3.65. The minimum atomic E-state index is -0.202. The molecule has 5 nitrogen and oxygen atoms in total. The second kappa shape index (κ2) is 5.93. The Morgan fingerprint density at radius 3 is 2.85 bits per heavy atom. The summed E-state index contributed by atoms with van der Waals surface area (Å²) in [7, 11) is 0. The zero-order chi connectivity index (χ0) is 17.8. The number of nitrogens with zero attached hydrogens (tertiary/aromatic N) is 3. The Morgan fingerprint density at radius 2 is 2.12 bits per heavy atom. The van der Waals surface area contributed by atoms with Crippen molar-refractivity contribution in [2.75, 3.05) is 0 Å². The van der Waals surface area contributed by atoms with Crippen LogP contribution in [0.4, 0.5) is 0 Å². The van der Waals surface area contributed by atoms with Crippen LogP contribution in [0.2, 0.25) is 4.47 Å². The first-order valence-corrected chi connectivity index (χ1v) is 9.90. The van der Waals surface area contributed by atoms with E-state index in [2.05, 4.69) is 4.98 Å². The van der Waals surface area contributed by atoms with Crippen molar-refractivity contribution in [3.8, 4) is 17.0 Å². The fraction of sp³-hybridized carbons (Fsp3) is 0.316. The van der Waals surface area contributed by atoms with Crippen LogP contribution in [-0.4, -0.2) is 9.55 Å². The molecule has 3 aromatic rings. The van der Waals surface area contributed by atoms with Gasteiger partial charge in [-0.1, -0.05) is 41.9 Å². The van der Waals surface area contributed by atoms with E-state index in [1.165, 1.54) is 11.3 Å². The van der Waals surface area contributed by atoms with Crippen molar-refractivity contribution in [2.45, 2.75) is 37.8 Å². The topological polar surface area (TPSA) is 61.8 Å². The highest BCUT2D eigenvalue weighted by molar-refractivity contribution is 7.15. The number of hydrogen-bond donors (Lipinski definition) is 0. The highest BCUT2D eigenvalue weighted by Crippen LogP contribution is 2.42. The number of hydrogen-bond acceptors (Lipinski definition) is 4. The molecule has 0 saturated carbocycles. The molecule has 0 amide bonds. The summed E-state index contributed by atoms with van der Waals surface area (Å²) in [5.41, 5.74) is 0.773. The predicted octanol–water partition coefficient (Wildman–Crippen LogP) is 2.86. The van der Waals surface area contributed by atoms with E-state index in [0.717, 1.165) is 30.0 Å². The minimum absolute atomic E-state index is 0.0973. The normalized spacial score (nSPS) is 21.0. The second-order valence-corrected chi connectivity index (χ2v) is 8.48. The summed E-state index contributed by atoms with van der Waals surface area (Å²) in [5, 5.41) is 13.4. The van der Waals surface area contributed by atoms with Gasteiger partial charge in [0.2, 0.25) is 0 Å². The van der Waals surface area contributed by atoms with Crippen molar-refractivity contribution in [3.63, 3.8) is 0 Å². The summed E-state index contributed by atoms with van der Waals surface area (Å²) in [6.45, 7) is 0.668. The standard InChI is InChI=1S/C19H16ClN3O2S/c20-19-21-10-14(26-19)13-9-12-7-4-8-22-16(12)23(13)18(25)15(17(22)24)11-5-2-1-3-6-11/h1-3,5-6,10,12-13H,4,7-9H2. The van der Waals surface area contributed by atoms with E-state index in [1.807, 2.05) is 39.5 Å². The predicted molar refractivity (Wildman–Crippen MR) is 97.6 cm³/mol. The average molecular weight is 386 g/mol. The molecule has 0 bridgehead atoms. The van der Waals surface area contributed by atoms with Gasteiger partial charge in [0.1, 0.15) is 11.6 Å². The quantitative estimate of drug-likeness (QED) is 0.637. The van der Waals surface area contributed by atoms with Gasteiger partial charge in [-0.15, -0.1) is 11.3 Å². The number of rotatable bonds is 2. The van der Waals surface area contributed by atoms with Gasteiger partial charge in [0.25, 0.3) is 5.82 Å². The number of halogens is 1. The van der Waals surface area contributed by atoms with Gasteiger partial charge in [-0.2, -0.15) is 4.57 Å². The molecule has 0 N–H and O–H groups in total. The molecule has 5 rings (SSSR count). The van der Waals surface area contributed by atoms with Crippen LogP contribution in [0.5, 0.6) is 5.88 Å². The fourth-order valence-electron chi connectivity index (χ4n) is 4.36. The van der Waals surface area contributed by atoms with E-state index in [9.17, 15) is 9.90 Å². The van der Waals surface area contributed by atoms with Crippen LogP contribution in [0.1, 0.15) is 41.9 Å². The van der Waals surface area contributed by atoms with Gasteiger partial charge in [-0.05, 0) is 18.4 Å². The minimum Gasteiger partial charge on any atom is -0.842 e. The van der Waals surface area contributed by atoms with Crippen LogP contribution < -0.4 is 15.2 Å². The molecule has 0 spiro atoms. The molecule has 0 radical (unpaired) electrons. The van der Waals surface area contributed by atoms with Gasteiger partial charge in [-0.25, -0.2) is 14.3 Å². The largest absolute Gasteiger partial charge is 0.842 e. The third kappa shape index (κ3) is 2.25. The van der Waals surface area contributed by atoms with Crippen molar-refractivity contribution in [2.24, 2.45) is 0 Å². The molecular weight excluding hydrogens is 370 g/mol. The van der Waals surface area contributed by atoms with E-state index >= 15 is 0 Å². The lowest BCUT2D eigenvalue weighted by atomic mass is 9.95. The highest BCUT2D eigenvalue weighted by atomic mass is 35.5. The fourth-order valence-corrected chi connectivity index (χ4v) is 5.42. The Hall–Kier alpha value is -2.18. The van der Waals surface area contributed by atoms with Gasteiger partial charge in [0, 0.05) is 12.6 Å². The summed E-state index contributed by atoms with van der Waals surface area (Å²) in [4.78, 5) is 18.3. The summed E-state index contributed by atoms with van der Waals surface area (Å²) in [6.07, 6.45) is 4.55. The Balaban J connectivity index is 1.81. The molecule has 2 aromatic heterocycles. The molecule has 1 aromatic carbocycles. The summed E-state index contributed by atoms with van der Waals surface area (Å²) in [6, 6.07) is 9.14. The zero-order valence-corrected chi connectivity index (χ0v) is 15.5. The van der Waals surface area contributed by atoms with Crippen molar-refractivity contribution in [1.29, 1.82) is 0 Å². The third-order valence-electron chi connectivity index (χ3n) is 5.42. The van der Waals surface area contributed by atoms with E-state index in [4.69, 9.17) is 11.6 Å². The van der Waals surface area contributed by atoms with Crippen molar-refractivity contribution < 1.29 is 9.67 Å². The van der Waals surface area contributed by atoms with Crippen molar-refractivity contribution >= 4 is 22.9 Å². The Bertz CT molecular complexity index is 1060.